The van der Waals surface area contributed by atoms with Crippen LogP contribution < -0.4 is 4.74 Å². The van der Waals surface area contributed by atoms with Crippen molar-refractivity contribution in [3.8, 4) is 17.2 Å². The van der Waals surface area contributed by atoms with Gasteiger partial charge in [0, 0.05) is 78.1 Å². The fourth-order valence-electron chi connectivity index (χ4n) is 14.5. The highest BCUT2D eigenvalue weighted by molar-refractivity contribution is 6.11. The molecule has 26 heteroatoms. The summed E-state index contributed by atoms with van der Waals surface area (Å²) in [6.07, 6.45) is -19.1. The number of aromatic hydroxyl groups is 2. The summed E-state index contributed by atoms with van der Waals surface area (Å²) in [6, 6.07) is 4.40. The lowest BCUT2D eigenvalue weighted by Crippen LogP contribution is -2.59. The summed E-state index contributed by atoms with van der Waals surface area (Å²) >= 11 is 0. The predicted molar refractivity (Wildman–Crippen MR) is 310 cm³/mol. The fraction of sp³-hybridized carbons (Fsp3) is 0.781. The average Bonchev–Trinajstić information content (AvgIpc) is 0.768. The van der Waals surface area contributed by atoms with Crippen molar-refractivity contribution in [3.63, 3.8) is 0 Å². The lowest BCUT2D eigenvalue weighted by Gasteiger charge is -2.47. The molecule has 2 aromatic carbocycles. The van der Waals surface area contributed by atoms with Gasteiger partial charge in [-0.3, -0.25) is 19.2 Å². The van der Waals surface area contributed by atoms with Gasteiger partial charge in [-0.2, -0.15) is 0 Å². The van der Waals surface area contributed by atoms with Crippen molar-refractivity contribution in [1.29, 1.82) is 0 Å². The van der Waals surface area contributed by atoms with Gasteiger partial charge in [0.15, 0.2) is 48.6 Å². The molecule has 8 aliphatic rings. The number of ether oxygens (including phenoxy) is 16. The van der Waals surface area contributed by atoms with Crippen molar-refractivity contribution >= 4 is 34.3 Å². The van der Waals surface area contributed by atoms with E-state index in [-0.39, 0.29) is 66.2 Å². The first-order valence-electron chi connectivity index (χ1n) is 31.8. The predicted octanol–water partition coefficient (Wildman–Crippen LogP) is 4.60. The largest absolute Gasteiger partial charge is 0.507 e. The van der Waals surface area contributed by atoms with Crippen molar-refractivity contribution in [1.82, 2.24) is 0 Å². The number of rotatable bonds is 18. The van der Waals surface area contributed by atoms with Crippen molar-refractivity contribution in [2.45, 2.75) is 293 Å². The second-order valence-electron chi connectivity index (χ2n) is 26.3. The van der Waals surface area contributed by atoms with E-state index in [1.807, 2.05) is 0 Å². The van der Waals surface area contributed by atoms with Crippen LogP contribution in [0.1, 0.15) is 149 Å². The molecule has 6 aliphatic heterocycles. The van der Waals surface area contributed by atoms with E-state index in [2.05, 4.69) is 0 Å². The average molecular weight is 1280 g/mol. The summed E-state index contributed by atoms with van der Waals surface area (Å²) in [6.45, 7) is 16.2. The fourth-order valence-corrected chi connectivity index (χ4v) is 14.5. The Bertz CT molecular complexity index is 2850. The summed E-state index contributed by atoms with van der Waals surface area (Å²) in [4.78, 5) is 55.5. The van der Waals surface area contributed by atoms with Crippen LogP contribution >= 0.6 is 0 Å². The zero-order valence-corrected chi connectivity index (χ0v) is 53.3. The Labute approximate surface area is 523 Å². The van der Waals surface area contributed by atoms with Crippen LogP contribution in [0.15, 0.2) is 18.2 Å². The van der Waals surface area contributed by atoms with Gasteiger partial charge < -0.3 is 106 Å². The summed E-state index contributed by atoms with van der Waals surface area (Å²) in [7, 11) is 2.83. The molecule has 6 saturated heterocycles. The smallest absolute Gasteiger partial charge is 0.308 e. The van der Waals surface area contributed by atoms with Gasteiger partial charge in [-0.1, -0.05) is 20.3 Å². The normalized spacial score (nSPS) is 40.9. The van der Waals surface area contributed by atoms with E-state index >= 15 is 9.59 Å². The van der Waals surface area contributed by atoms with E-state index in [4.69, 9.17) is 75.8 Å². The molecule has 0 amide bonds. The van der Waals surface area contributed by atoms with Crippen LogP contribution in [0, 0.1) is 11.8 Å². The van der Waals surface area contributed by atoms with Gasteiger partial charge >= 0.3 is 11.9 Å². The van der Waals surface area contributed by atoms with Crippen LogP contribution in [0.4, 0.5) is 0 Å². The number of Topliss-reactive ketones (excluding diaryl/α,β-unsaturated/α-hetero) is 2. The van der Waals surface area contributed by atoms with E-state index in [0.29, 0.717) is 12.8 Å². The van der Waals surface area contributed by atoms with Crippen LogP contribution in [0.3, 0.4) is 0 Å². The first kappa shape index (κ1) is 68.6. The highest BCUT2D eigenvalue weighted by Gasteiger charge is 2.56. The van der Waals surface area contributed by atoms with Crippen molar-refractivity contribution in [3.05, 3.63) is 29.3 Å². The number of fused-ring (bicyclic) bond motifs is 2. The van der Waals surface area contributed by atoms with Crippen LogP contribution in [0.25, 0.3) is 10.8 Å². The molecule has 0 radical (unpaired) electrons. The summed E-state index contributed by atoms with van der Waals surface area (Å²) in [5.74, 6) is -5.82. The summed E-state index contributed by atoms with van der Waals surface area (Å²) in [5.41, 5.74) is -1.46. The number of aliphatic hydroxyl groups excluding tert-OH is 3. The third-order valence-electron chi connectivity index (χ3n) is 19.0. The number of phenolic OH excluding ortho intramolecular Hbond substituents is 2. The minimum absolute atomic E-state index is 0.0280. The van der Waals surface area contributed by atoms with Crippen molar-refractivity contribution < 1.29 is 126 Å². The topological polar surface area (TPSA) is 337 Å². The molecule has 1 spiro atoms. The monoisotopic (exact) mass is 1280 g/mol. The quantitative estimate of drug-likeness (QED) is 0.111. The number of ketones is 2. The minimum atomic E-state index is -1.57. The lowest BCUT2D eigenvalue weighted by atomic mass is 9.75. The maximum atomic E-state index is 15.4. The number of benzene rings is 2. The van der Waals surface area contributed by atoms with Gasteiger partial charge in [-0.05, 0) is 90.8 Å². The number of carbonyl (C=O) groups excluding carboxylic acids is 4. The van der Waals surface area contributed by atoms with E-state index in [0.717, 1.165) is 19.3 Å². The molecule has 10 rings (SSSR count). The van der Waals surface area contributed by atoms with Crippen LogP contribution in [0.5, 0.6) is 17.2 Å². The highest BCUT2D eigenvalue weighted by Crippen LogP contribution is 2.48. The summed E-state index contributed by atoms with van der Waals surface area (Å²) < 4.78 is 98.7. The molecule has 2 aliphatic carbocycles. The Morgan fingerprint density at radius 2 is 1.26 bits per heavy atom. The Balaban J connectivity index is 0.890. The second-order valence-corrected chi connectivity index (χ2v) is 26.3. The number of phenols is 2. The zero-order chi connectivity index (χ0) is 65.0. The number of hydrogen-bond donors (Lipinski definition) is 6. The number of aliphatic hydroxyl groups is 4. The Morgan fingerprint density at radius 1 is 0.667 bits per heavy atom. The zero-order valence-electron chi connectivity index (χ0n) is 53.3. The van der Waals surface area contributed by atoms with Gasteiger partial charge in [0.05, 0.1) is 71.8 Å². The van der Waals surface area contributed by atoms with E-state index in [9.17, 15) is 40.2 Å². The second kappa shape index (κ2) is 28.0. The third kappa shape index (κ3) is 14.5. The molecule has 6 heterocycles. The minimum Gasteiger partial charge on any atom is -0.507 e. The van der Waals surface area contributed by atoms with E-state index < -0.39 is 200 Å². The highest BCUT2D eigenvalue weighted by atomic mass is 16.8. The van der Waals surface area contributed by atoms with Crippen molar-refractivity contribution in [2.24, 2.45) is 11.8 Å². The maximum absolute atomic E-state index is 15.4. The van der Waals surface area contributed by atoms with Crippen LogP contribution in [-0.2, 0) is 91.9 Å². The molecule has 504 valence electrons. The maximum Gasteiger partial charge on any atom is 0.308 e. The molecule has 26 nitrogen and oxygen atoms in total. The first-order valence-corrected chi connectivity index (χ1v) is 31.8. The van der Waals surface area contributed by atoms with Gasteiger partial charge in [-0.15, -0.1) is 0 Å². The Hall–Kier alpha value is -4.30. The standard InChI is InChI=1S/C64H92O26/c1-27(2)62(73)88-61-33(8)81-48(26-63(61,10)74)85-42-23-46(77-28(3)52(42)69)84-41-24-47(78-29(4)51(41)68)87-60-38(59(76-12)55(72)58-32(7)89-64(90-58)16-14-13-15-17-64)20-36-18-35-19-37(21-39(66)49(35)53(70)50(36)54(60)71)83-45-25-43(82-34(9)65)57(31(6)80-45)86-44-22-40(67)56(75-11)30(5)79-44/h18-19,21,27-33,38,40-48,51-52,56-61,66-70,74H,13-17,20,22-26H2,1-12H3. The third-order valence-corrected chi connectivity index (χ3v) is 19.0. The van der Waals surface area contributed by atoms with Crippen molar-refractivity contribution in [2.75, 3.05) is 14.2 Å². The van der Waals surface area contributed by atoms with Crippen LogP contribution in [-0.4, -0.2) is 221 Å². The van der Waals surface area contributed by atoms with E-state index in [1.54, 1.807) is 67.5 Å². The summed E-state index contributed by atoms with van der Waals surface area (Å²) in [5, 5.41) is 69.4. The molecule has 1 saturated carbocycles. The van der Waals surface area contributed by atoms with Gasteiger partial charge in [0.25, 0.3) is 0 Å². The molecule has 90 heavy (non-hydrogen) atoms. The molecule has 2 aromatic rings. The molecule has 7 fully saturated rings. The van der Waals surface area contributed by atoms with Gasteiger partial charge in [-0.25, -0.2) is 0 Å². The number of carbonyl (C=O) groups is 4. The number of esters is 2. The molecule has 0 bridgehead atoms. The lowest BCUT2D eigenvalue weighted by molar-refractivity contribution is -0.334. The molecule has 0 aromatic heterocycles. The van der Waals surface area contributed by atoms with Gasteiger partial charge in [0.1, 0.15) is 71.7 Å². The SMILES string of the molecule is COC(C(=O)C1OC2(CCCCC2)OC1C)C1Cc2cc3cc(OC4CC(OC(C)=O)C(OC5CC(O)C(OC)C(C)O5)C(C)O4)cc(O)c3c(O)c2C(=O)C1OC1CC(OC2CC(OC3CC(C)(O)C(OC(=O)C(C)C)C(C)O3)C(O)C(C)O2)C(O)C(C)O1. The molecule has 25 atom stereocenters. The van der Waals surface area contributed by atoms with Gasteiger partial charge in [0.2, 0.25) is 6.29 Å². The molecule has 6 N–H and O–H groups in total. The first-order chi connectivity index (χ1) is 42.6. The van der Waals surface area contributed by atoms with E-state index in [1.165, 1.54) is 34.1 Å². The Kier molecular flexibility index (Phi) is 21.3. The Morgan fingerprint density at radius 3 is 1.87 bits per heavy atom. The number of hydrogen-bond acceptors (Lipinski definition) is 26. The molecular weight excluding hydrogens is 1180 g/mol. The molecule has 25 unspecified atom stereocenters. The van der Waals surface area contributed by atoms with Crippen LogP contribution in [0.2, 0.25) is 0 Å². The molecular formula is C64H92O26. The number of methoxy groups -OCH3 is 2.